The van der Waals surface area contributed by atoms with Crippen molar-refractivity contribution in [3.05, 3.63) is 112 Å². The maximum Gasteiger partial charge on any atom is 0.412 e. The molecule has 6 atom stereocenters. The number of carbonyl (C=O) groups excluding carboxylic acids is 2. The Labute approximate surface area is 386 Å². The minimum atomic E-state index is -4.35. The number of non-ortho nitro benzene ring substituents is 1. The number of anilines is 1. The van der Waals surface area contributed by atoms with Crippen LogP contribution in [-0.2, 0) is 31.0 Å². The third-order valence-corrected chi connectivity index (χ3v) is 14.2. The Morgan fingerprint density at radius 2 is 1.74 bits per heavy atom. The maximum absolute atomic E-state index is 15.2. The second-order valence-electron chi connectivity index (χ2n) is 16.7. The van der Waals surface area contributed by atoms with Gasteiger partial charge in [-0.1, -0.05) is 37.1 Å². The van der Waals surface area contributed by atoms with E-state index in [1.54, 1.807) is 43.3 Å². The number of oxime groups is 1. The van der Waals surface area contributed by atoms with Crippen LogP contribution in [0, 0.1) is 27.9 Å². The molecule has 1 aliphatic heterocycles. The third kappa shape index (κ3) is 11.1. The molecule has 66 heavy (non-hydrogen) atoms. The van der Waals surface area contributed by atoms with Crippen LogP contribution < -0.4 is 20.1 Å². The summed E-state index contributed by atoms with van der Waals surface area (Å²) in [7, 11) is -4.35. The third-order valence-electron chi connectivity index (χ3n) is 12.3. The quantitative estimate of drug-likeness (QED) is 0.0312. The van der Waals surface area contributed by atoms with Crippen LogP contribution in [0.5, 0.6) is 11.5 Å². The number of benzene rings is 3. The molecule has 1 heterocycles. The molecule has 0 saturated heterocycles. The fourth-order valence-electron chi connectivity index (χ4n) is 9.59. The Morgan fingerprint density at radius 3 is 2.38 bits per heavy atom. The number of hydrogen-bond acceptors (Lipinski definition) is 13. The van der Waals surface area contributed by atoms with Gasteiger partial charge in [0, 0.05) is 68.9 Å². The van der Waals surface area contributed by atoms with E-state index in [9.17, 15) is 29.9 Å². The van der Waals surface area contributed by atoms with E-state index in [0.717, 1.165) is 11.1 Å². The van der Waals surface area contributed by atoms with Crippen molar-refractivity contribution in [3.8, 4) is 11.5 Å². The van der Waals surface area contributed by atoms with Crippen molar-refractivity contribution in [3.63, 3.8) is 0 Å². The van der Waals surface area contributed by atoms with Gasteiger partial charge >= 0.3 is 6.09 Å². The molecule has 18 heteroatoms. The Morgan fingerprint density at radius 1 is 1.03 bits per heavy atom. The zero-order valence-corrected chi connectivity index (χ0v) is 38.5. The van der Waals surface area contributed by atoms with Crippen LogP contribution in [0.2, 0.25) is 0 Å². The molecule has 0 radical (unpaired) electrons. The van der Waals surface area contributed by atoms with Crippen molar-refractivity contribution in [2.24, 2.45) is 22.9 Å². The van der Waals surface area contributed by atoms with Crippen LogP contribution in [-0.4, -0.2) is 90.3 Å². The van der Waals surface area contributed by atoms with E-state index >= 15 is 8.42 Å². The van der Waals surface area contributed by atoms with Gasteiger partial charge in [-0.15, -0.1) is 6.58 Å². The summed E-state index contributed by atoms with van der Waals surface area (Å²) in [6.07, 6.45) is 7.34. The van der Waals surface area contributed by atoms with Gasteiger partial charge in [0.25, 0.3) is 5.69 Å². The fourth-order valence-corrected chi connectivity index (χ4v) is 11.3. The number of rotatable bonds is 23. The first-order valence-corrected chi connectivity index (χ1v) is 24.0. The van der Waals surface area contributed by atoms with Gasteiger partial charge in [-0.3, -0.25) is 14.9 Å². The summed E-state index contributed by atoms with van der Waals surface area (Å²) < 4.78 is 51.8. The number of aliphatic hydroxyl groups excluding tert-OH is 2. The topological polar surface area (TPSA) is 228 Å². The van der Waals surface area contributed by atoms with Crippen LogP contribution in [0.15, 0.2) is 101 Å². The highest BCUT2D eigenvalue weighted by Gasteiger charge is 2.66. The Hall–Kier alpha value is -5.66. The van der Waals surface area contributed by atoms with Gasteiger partial charge in [-0.05, 0) is 117 Å². The number of allylic oxidation sites excluding steroid dienone is 1. The second kappa shape index (κ2) is 22.7. The summed E-state index contributed by atoms with van der Waals surface area (Å²) in [6, 6.07) is 15.9. The first kappa shape index (κ1) is 49.8. The van der Waals surface area contributed by atoms with Crippen LogP contribution in [0.4, 0.5) is 16.2 Å². The first-order chi connectivity index (χ1) is 31.8. The molecule has 2 amide bonds. The number of aliphatic hydroxyl groups is 2. The second-order valence-corrected chi connectivity index (χ2v) is 18.6. The summed E-state index contributed by atoms with van der Waals surface area (Å²) >= 11 is 0. The molecule has 17 nitrogen and oxygen atoms in total. The minimum Gasteiger partial charge on any atom is -0.460 e. The summed E-state index contributed by atoms with van der Waals surface area (Å²) in [5, 5.41) is 41.4. The smallest absolute Gasteiger partial charge is 0.412 e. The predicted octanol–water partition coefficient (Wildman–Crippen LogP) is 7.60. The number of hydrogen-bond donors (Lipinski definition) is 4. The van der Waals surface area contributed by atoms with E-state index in [2.05, 4.69) is 23.3 Å². The van der Waals surface area contributed by atoms with Crippen LogP contribution in [0.1, 0.15) is 89.2 Å². The van der Waals surface area contributed by atoms with Crippen molar-refractivity contribution in [1.82, 2.24) is 9.62 Å². The van der Waals surface area contributed by atoms with Crippen molar-refractivity contribution in [2.45, 2.75) is 101 Å². The number of unbranched alkanes of at least 4 members (excludes halogenated alkanes) is 2. The maximum atomic E-state index is 15.2. The SMILES string of the molecule is C=CCOC12Oc3ccc(OC(=O)NCC)cc3C3C(CCCCO)C(CCCCO)C=C(C(=NOCc4ccc([N+](=O)[O-])cc4)CC1N(CCC)S(=O)(=O)c1ccc(NC(C)=O)cc1)C32. The minimum absolute atomic E-state index is 0.00565. The number of nitro groups is 1. The highest BCUT2D eigenvalue weighted by atomic mass is 32.2. The molecule has 6 rings (SSSR count). The summed E-state index contributed by atoms with van der Waals surface area (Å²) in [5.41, 5.74) is 2.87. The molecule has 0 aromatic heterocycles. The van der Waals surface area contributed by atoms with Crippen molar-refractivity contribution < 1.29 is 52.2 Å². The van der Waals surface area contributed by atoms with E-state index in [-0.39, 0.29) is 73.5 Å². The zero-order chi connectivity index (χ0) is 47.4. The van der Waals surface area contributed by atoms with E-state index in [4.69, 9.17) is 24.2 Å². The standard InChI is InChI=1S/C48H61N5O12S/c1-5-24-52(66(60,61)38-21-16-35(17-22-38)50-32(4)56)44-30-42(51-63-31-33-14-18-36(19-15-33)53(58)59)40-28-34(12-8-10-25-54)39(13-9-11-26-55)45-41-29-37(64-47(57)49-7-3)20-23-43(41)65-48(44,46(40)45)62-27-6-2/h6,14-23,28-29,34,39,44-46,54-55H,2,5,7-13,24-27,30-31H2,1,3-4H3,(H,49,57)(H,50,56). The number of ether oxygens (including phenoxy) is 3. The number of sulfonamides is 1. The van der Waals surface area contributed by atoms with Gasteiger partial charge in [0.2, 0.25) is 21.7 Å². The van der Waals surface area contributed by atoms with E-state index in [1.807, 2.05) is 6.92 Å². The lowest BCUT2D eigenvalue weighted by Crippen LogP contribution is -2.70. The van der Waals surface area contributed by atoms with E-state index in [0.29, 0.717) is 74.2 Å². The lowest BCUT2D eigenvalue weighted by molar-refractivity contribution is -0.384. The lowest BCUT2D eigenvalue weighted by atomic mass is 9.55. The summed E-state index contributed by atoms with van der Waals surface area (Å²) in [4.78, 5) is 41.6. The van der Waals surface area contributed by atoms with Gasteiger partial charge in [0.15, 0.2) is 0 Å². The molecule has 3 aliphatic rings. The Kier molecular flexibility index (Phi) is 17.1. The monoisotopic (exact) mass is 931 g/mol. The summed E-state index contributed by atoms with van der Waals surface area (Å²) in [5.74, 6) is -2.77. The first-order valence-electron chi connectivity index (χ1n) is 22.6. The largest absolute Gasteiger partial charge is 0.460 e. The molecule has 3 aromatic carbocycles. The number of nitrogens with one attached hydrogen (secondary N) is 2. The molecule has 0 bridgehead atoms. The number of amides is 2. The van der Waals surface area contributed by atoms with Crippen molar-refractivity contribution in [2.75, 3.05) is 38.2 Å². The van der Waals surface area contributed by atoms with Gasteiger partial charge in [0.1, 0.15) is 18.1 Å². The van der Waals surface area contributed by atoms with Crippen molar-refractivity contribution in [1.29, 1.82) is 0 Å². The highest BCUT2D eigenvalue weighted by molar-refractivity contribution is 7.89. The number of nitro benzene ring substituents is 1. The molecular formula is C48H61N5O12S. The van der Waals surface area contributed by atoms with E-state index < -0.39 is 44.7 Å². The average molecular weight is 932 g/mol. The molecule has 1 saturated carbocycles. The van der Waals surface area contributed by atoms with Gasteiger partial charge < -0.3 is 39.9 Å². The van der Waals surface area contributed by atoms with Crippen LogP contribution >= 0.6 is 0 Å². The molecule has 0 spiro atoms. The van der Waals surface area contributed by atoms with Crippen LogP contribution in [0.25, 0.3) is 0 Å². The number of carbonyl (C=O) groups is 2. The molecule has 2 aliphatic carbocycles. The summed E-state index contributed by atoms with van der Waals surface area (Å²) in [6.45, 7) is 9.32. The van der Waals surface area contributed by atoms with Crippen LogP contribution in [0.3, 0.4) is 0 Å². The lowest BCUT2D eigenvalue weighted by Gasteiger charge is -2.59. The molecular weight excluding hydrogens is 871 g/mol. The molecule has 4 N–H and O–H groups in total. The normalized spacial score (nSPS) is 22.6. The number of fused-ring (bicyclic) bond motifs is 2. The van der Waals surface area contributed by atoms with Gasteiger partial charge in [-0.25, -0.2) is 13.2 Å². The predicted molar refractivity (Wildman–Crippen MR) is 247 cm³/mol. The average Bonchev–Trinajstić information content (AvgIpc) is 3.29. The molecule has 1 fully saturated rings. The molecule has 3 aromatic rings. The van der Waals surface area contributed by atoms with E-state index in [1.165, 1.54) is 47.6 Å². The van der Waals surface area contributed by atoms with Gasteiger partial charge in [-0.2, -0.15) is 4.31 Å². The Bertz CT molecular complexity index is 2360. The fraction of sp³-hybridized carbons (Fsp3) is 0.479. The molecule has 6 unspecified atom stereocenters. The van der Waals surface area contributed by atoms with Crippen molar-refractivity contribution >= 4 is 39.1 Å². The zero-order valence-electron chi connectivity index (χ0n) is 37.7. The molecule has 356 valence electrons. The highest BCUT2D eigenvalue weighted by Crippen LogP contribution is 2.62. The van der Waals surface area contributed by atoms with Gasteiger partial charge in [0.05, 0.1) is 34.1 Å². The number of nitrogens with zero attached hydrogens (tertiary/aromatic N) is 3. The Balaban J connectivity index is 1.60.